The lowest BCUT2D eigenvalue weighted by Gasteiger charge is -2.39. The van der Waals surface area contributed by atoms with Gasteiger partial charge in [-0.1, -0.05) is 30.3 Å². The second-order valence-corrected chi connectivity index (χ2v) is 8.38. The third-order valence-electron chi connectivity index (χ3n) is 5.36. The van der Waals surface area contributed by atoms with Crippen molar-refractivity contribution in [3.8, 4) is 0 Å². The van der Waals surface area contributed by atoms with Gasteiger partial charge in [0.2, 0.25) is 0 Å². The van der Waals surface area contributed by atoms with E-state index in [0.29, 0.717) is 18.6 Å². The van der Waals surface area contributed by atoms with E-state index in [1.54, 1.807) is 7.11 Å². The number of likely N-dealkylation sites (tertiary alicyclic amines) is 1. The fourth-order valence-corrected chi connectivity index (χ4v) is 5.00. The second-order valence-electron chi connectivity index (χ2n) is 7.40. The summed E-state index contributed by atoms with van der Waals surface area (Å²) in [4.78, 5) is 8.38. The van der Waals surface area contributed by atoms with Crippen LogP contribution in [0.2, 0.25) is 0 Å². The van der Waals surface area contributed by atoms with Crippen LogP contribution in [0.1, 0.15) is 34.9 Å². The van der Waals surface area contributed by atoms with E-state index in [1.807, 2.05) is 18.4 Å². The Balaban J connectivity index is 0.00000300. The summed E-state index contributed by atoms with van der Waals surface area (Å²) >= 11 is 1.86. The largest absolute Gasteiger partial charge is 0.380 e. The van der Waals surface area contributed by atoms with Crippen molar-refractivity contribution in [2.75, 3.05) is 34.3 Å². The number of benzene rings is 1. The number of thiophene rings is 1. The Hall–Kier alpha value is -1.16. The van der Waals surface area contributed by atoms with Crippen LogP contribution in [-0.2, 0) is 17.9 Å². The van der Waals surface area contributed by atoms with Crippen molar-refractivity contribution < 1.29 is 4.74 Å². The lowest BCUT2D eigenvalue weighted by molar-refractivity contribution is 0.125. The van der Waals surface area contributed by atoms with Gasteiger partial charge in [-0.05, 0) is 54.9 Å². The number of nitrogens with zero attached hydrogens (tertiary/aromatic N) is 2. The summed E-state index contributed by atoms with van der Waals surface area (Å²) in [7, 11) is 5.81. The lowest BCUT2D eigenvalue weighted by atomic mass is 9.88. The number of hydrogen-bond acceptors (Lipinski definition) is 4. The van der Waals surface area contributed by atoms with Crippen LogP contribution in [0.3, 0.4) is 0 Å². The fourth-order valence-electron chi connectivity index (χ4n) is 4.01. The van der Waals surface area contributed by atoms with Crippen LogP contribution < -0.4 is 10.6 Å². The molecule has 1 fully saturated rings. The molecule has 1 aromatic carbocycles. The van der Waals surface area contributed by atoms with Crippen molar-refractivity contribution in [2.24, 2.45) is 10.9 Å². The smallest absolute Gasteiger partial charge is 0.191 e. The molecule has 3 rings (SSSR count). The molecule has 160 valence electrons. The first-order valence-corrected chi connectivity index (χ1v) is 10.8. The molecule has 2 heterocycles. The molecule has 2 N–H and O–H groups in total. The molecular formula is C22H33IN4OS. The third-order valence-corrected chi connectivity index (χ3v) is 6.30. The van der Waals surface area contributed by atoms with Crippen molar-refractivity contribution in [2.45, 2.75) is 32.0 Å². The zero-order chi connectivity index (χ0) is 19.8. The summed E-state index contributed by atoms with van der Waals surface area (Å²) in [6, 6.07) is 13.4. The maximum absolute atomic E-state index is 5.23. The van der Waals surface area contributed by atoms with E-state index in [-0.39, 0.29) is 24.0 Å². The number of guanidine groups is 1. The molecule has 0 amide bonds. The molecule has 1 saturated heterocycles. The monoisotopic (exact) mass is 528 g/mol. The molecule has 2 unspecified atom stereocenters. The van der Waals surface area contributed by atoms with E-state index in [2.05, 4.69) is 69.4 Å². The quantitative estimate of drug-likeness (QED) is 0.321. The number of nitrogens with one attached hydrogen (secondary N) is 2. The summed E-state index contributed by atoms with van der Waals surface area (Å²) in [6.07, 6.45) is 2.50. The van der Waals surface area contributed by atoms with E-state index in [1.165, 1.54) is 35.4 Å². The van der Waals surface area contributed by atoms with Crippen LogP contribution in [0, 0.1) is 5.92 Å². The van der Waals surface area contributed by atoms with Crippen LogP contribution in [0.15, 0.2) is 46.8 Å². The van der Waals surface area contributed by atoms with Crippen molar-refractivity contribution in [1.82, 2.24) is 15.5 Å². The van der Waals surface area contributed by atoms with E-state index in [9.17, 15) is 0 Å². The lowest BCUT2D eigenvalue weighted by Crippen LogP contribution is -2.44. The highest BCUT2D eigenvalue weighted by atomic mass is 127. The van der Waals surface area contributed by atoms with Gasteiger partial charge in [0.15, 0.2) is 5.96 Å². The van der Waals surface area contributed by atoms with Crippen molar-refractivity contribution in [3.63, 3.8) is 0 Å². The molecule has 0 saturated carbocycles. The highest BCUT2D eigenvalue weighted by Gasteiger charge is 2.31. The molecule has 0 radical (unpaired) electrons. The minimum Gasteiger partial charge on any atom is -0.380 e. The minimum absolute atomic E-state index is 0. The SMILES string of the molecule is CN=C(NCc1cccc(COC)c1)NCC1CCCN(C)C1c1cccs1.I. The standard InChI is InChI=1S/C22H32N4OS.HI/c1-23-22(24-14-17-7-4-8-18(13-17)16-27-3)25-15-19-9-5-11-26(2)21(19)20-10-6-12-28-20;/h4,6-8,10,12-13,19,21H,5,9,11,14-16H2,1-3H3,(H2,23,24,25);1H. The molecule has 29 heavy (non-hydrogen) atoms. The summed E-state index contributed by atoms with van der Waals surface area (Å²) in [5.41, 5.74) is 2.42. The molecule has 1 aliphatic heterocycles. The van der Waals surface area contributed by atoms with Gasteiger partial charge in [0, 0.05) is 38.2 Å². The number of piperidine rings is 1. The van der Waals surface area contributed by atoms with Gasteiger partial charge in [-0.15, -0.1) is 35.3 Å². The van der Waals surface area contributed by atoms with Crippen LogP contribution in [-0.4, -0.2) is 45.2 Å². The first-order valence-electron chi connectivity index (χ1n) is 9.96. The van der Waals surface area contributed by atoms with Crippen molar-refractivity contribution >= 4 is 41.3 Å². The highest BCUT2D eigenvalue weighted by molar-refractivity contribution is 14.0. The van der Waals surface area contributed by atoms with E-state index < -0.39 is 0 Å². The molecular weight excluding hydrogens is 495 g/mol. The van der Waals surface area contributed by atoms with Crippen LogP contribution in [0.4, 0.5) is 0 Å². The van der Waals surface area contributed by atoms with Gasteiger partial charge >= 0.3 is 0 Å². The fraction of sp³-hybridized carbons (Fsp3) is 0.500. The topological polar surface area (TPSA) is 48.9 Å². The summed E-state index contributed by atoms with van der Waals surface area (Å²) in [5.74, 6) is 1.44. The maximum Gasteiger partial charge on any atom is 0.191 e. The molecule has 2 atom stereocenters. The van der Waals surface area contributed by atoms with Crippen molar-refractivity contribution in [1.29, 1.82) is 0 Å². The Morgan fingerprint density at radius 1 is 1.24 bits per heavy atom. The van der Waals surface area contributed by atoms with Gasteiger partial charge in [-0.2, -0.15) is 0 Å². The Morgan fingerprint density at radius 2 is 2.07 bits per heavy atom. The van der Waals surface area contributed by atoms with Gasteiger partial charge in [0.25, 0.3) is 0 Å². The van der Waals surface area contributed by atoms with Crippen molar-refractivity contribution in [3.05, 3.63) is 57.8 Å². The number of aliphatic imine (C=N–C) groups is 1. The van der Waals surface area contributed by atoms with Crippen LogP contribution >= 0.6 is 35.3 Å². The summed E-state index contributed by atoms with van der Waals surface area (Å²) < 4.78 is 5.23. The van der Waals surface area contributed by atoms with E-state index in [4.69, 9.17) is 4.74 Å². The first-order chi connectivity index (χ1) is 13.7. The zero-order valence-electron chi connectivity index (χ0n) is 17.6. The Bertz CT molecular complexity index is 753. The number of methoxy groups -OCH3 is 1. The molecule has 5 nitrogen and oxygen atoms in total. The highest BCUT2D eigenvalue weighted by Crippen LogP contribution is 2.36. The van der Waals surface area contributed by atoms with Gasteiger partial charge < -0.3 is 15.4 Å². The first kappa shape index (κ1) is 24.1. The number of hydrogen-bond donors (Lipinski definition) is 2. The number of ether oxygens (including phenoxy) is 1. The molecule has 0 aliphatic carbocycles. The Labute approximate surface area is 196 Å². The van der Waals surface area contributed by atoms with E-state index in [0.717, 1.165) is 19.0 Å². The molecule has 1 aromatic heterocycles. The predicted octanol–water partition coefficient (Wildman–Crippen LogP) is 4.26. The van der Waals surface area contributed by atoms with Gasteiger partial charge in [0.1, 0.15) is 0 Å². The third kappa shape index (κ3) is 6.94. The zero-order valence-corrected chi connectivity index (χ0v) is 20.7. The van der Waals surface area contributed by atoms with Gasteiger partial charge in [-0.25, -0.2) is 0 Å². The molecule has 0 bridgehead atoms. The average Bonchev–Trinajstić information content (AvgIpc) is 3.23. The summed E-state index contributed by atoms with van der Waals surface area (Å²) in [5, 5.41) is 9.18. The predicted molar refractivity (Wildman–Crippen MR) is 133 cm³/mol. The average molecular weight is 529 g/mol. The molecule has 0 spiro atoms. The molecule has 7 heteroatoms. The number of halogens is 1. The molecule has 2 aromatic rings. The summed E-state index contributed by atoms with van der Waals surface area (Å²) in [6.45, 7) is 3.48. The van der Waals surface area contributed by atoms with Crippen LogP contribution in [0.5, 0.6) is 0 Å². The maximum atomic E-state index is 5.23. The van der Waals surface area contributed by atoms with Gasteiger partial charge in [-0.3, -0.25) is 9.89 Å². The van der Waals surface area contributed by atoms with Gasteiger partial charge in [0.05, 0.1) is 6.61 Å². The Kier molecular flexibility index (Phi) is 10.4. The second kappa shape index (κ2) is 12.5. The molecule has 1 aliphatic rings. The van der Waals surface area contributed by atoms with Crippen LogP contribution in [0.25, 0.3) is 0 Å². The number of rotatable bonds is 7. The normalized spacial score (nSPS) is 20.2. The minimum atomic E-state index is 0. The Morgan fingerprint density at radius 3 is 2.79 bits per heavy atom. The van der Waals surface area contributed by atoms with E-state index >= 15 is 0 Å².